The molecule has 0 saturated carbocycles. The molecule has 3 nitrogen and oxygen atoms in total. The zero-order valence-corrected chi connectivity index (χ0v) is 11.6. The second kappa shape index (κ2) is 6.09. The summed E-state index contributed by atoms with van der Waals surface area (Å²) in [7, 11) is -1.51. The molecule has 0 aliphatic rings. The summed E-state index contributed by atoms with van der Waals surface area (Å²) in [5, 5.41) is 2.80. The Morgan fingerprint density at radius 2 is 2.11 bits per heavy atom. The number of amides is 1. The van der Waals surface area contributed by atoms with Crippen LogP contribution in [-0.2, 0) is 15.6 Å². The van der Waals surface area contributed by atoms with Crippen molar-refractivity contribution in [3.8, 4) is 0 Å². The van der Waals surface area contributed by atoms with Gasteiger partial charge in [-0.25, -0.2) is 4.39 Å². The Bertz CT molecular complexity index is 460. The number of carbonyl (C=O) groups excluding carboxylic acids is 1. The third kappa shape index (κ3) is 4.56. The largest absolute Gasteiger partial charge is 0.350 e. The SMILES string of the molecule is CCC(C)(C)NC(=O)CS(=O)c1cccc(F)c1. The predicted octanol–water partition coefficient (Wildman–Crippen LogP) is 2.24. The van der Waals surface area contributed by atoms with Gasteiger partial charge in [-0.2, -0.15) is 0 Å². The quantitative estimate of drug-likeness (QED) is 0.892. The van der Waals surface area contributed by atoms with Crippen molar-refractivity contribution < 1.29 is 13.4 Å². The molecule has 0 aliphatic heterocycles. The molecule has 0 aromatic heterocycles. The first kappa shape index (κ1) is 14.8. The molecule has 0 heterocycles. The summed E-state index contributed by atoms with van der Waals surface area (Å²) in [5.74, 6) is -0.882. The van der Waals surface area contributed by atoms with Crippen LogP contribution in [0.3, 0.4) is 0 Å². The maximum absolute atomic E-state index is 13.0. The number of halogens is 1. The third-order valence-electron chi connectivity index (χ3n) is 2.68. The highest BCUT2D eigenvalue weighted by molar-refractivity contribution is 7.85. The van der Waals surface area contributed by atoms with Gasteiger partial charge in [0.15, 0.2) is 0 Å². The van der Waals surface area contributed by atoms with Crippen LogP contribution in [0.2, 0.25) is 0 Å². The molecule has 1 aromatic rings. The molecular weight excluding hydrogens is 253 g/mol. The minimum absolute atomic E-state index is 0.146. The van der Waals surface area contributed by atoms with Crippen LogP contribution in [0.25, 0.3) is 0 Å². The number of hydrogen-bond donors (Lipinski definition) is 1. The summed E-state index contributed by atoms with van der Waals surface area (Å²) in [6, 6.07) is 5.50. The molecule has 100 valence electrons. The molecular formula is C13H18FNO2S. The fourth-order valence-corrected chi connectivity index (χ4v) is 2.26. The first-order chi connectivity index (χ1) is 8.34. The molecule has 0 fully saturated rings. The number of carbonyl (C=O) groups is 1. The van der Waals surface area contributed by atoms with Crippen LogP contribution >= 0.6 is 0 Å². The number of benzene rings is 1. The highest BCUT2D eigenvalue weighted by Crippen LogP contribution is 2.10. The maximum atomic E-state index is 13.0. The maximum Gasteiger partial charge on any atom is 0.233 e. The van der Waals surface area contributed by atoms with Crippen LogP contribution in [-0.4, -0.2) is 21.4 Å². The lowest BCUT2D eigenvalue weighted by Crippen LogP contribution is -2.44. The van der Waals surface area contributed by atoms with E-state index in [9.17, 15) is 13.4 Å². The molecule has 0 radical (unpaired) electrons. The van der Waals surface area contributed by atoms with Crippen LogP contribution in [0.1, 0.15) is 27.2 Å². The van der Waals surface area contributed by atoms with Gasteiger partial charge in [0, 0.05) is 10.4 Å². The van der Waals surface area contributed by atoms with Gasteiger partial charge in [0.1, 0.15) is 11.6 Å². The molecule has 5 heteroatoms. The van der Waals surface area contributed by atoms with Gasteiger partial charge in [-0.05, 0) is 38.5 Å². The van der Waals surface area contributed by atoms with Gasteiger partial charge >= 0.3 is 0 Å². The van der Waals surface area contributed by atoms with E-state index in [0.29, 0.717) is 4.90 Å². The van der Waals surface area contributed by atoms with Gasteiger partial charge < -0.3 is 5.32 Å². The molecule has 1 N–H and O–H groups in total. The summed E-state index contributed by atoms with van der Waals surface area (Å²) >= 11 is 0. The van der Waals surface area contributed by atoms with Gasteiger partial charge in [0.05, 0.1) is 10.8 Å². The van der Waals surface area contributed by atoms with Crippen molar-refractivity contribution in [1.82, 2.24) is 5.32 Å². The van der Waals surface area contributed by atoms with E-state index in [-0.39, 0.29) is 17.2 Å². The van der Waals surface area contributed by atoms with E-state index < -0.39 is 16.6 Å². The van der Waals surface area contributed by atoms with E-state index in [1.807, 2.05) is 20.8 Å². The van der Waals surface area contributed by atoms with E-state index >= 15 is 0 Å². The number of rotatable bonds is 5. The Morgan fingerprint density at radius 3 is 2.67 bits per heavy atom. The van der Waals surface area contributed by atoms with Crippen molar-refractivity contribution in [2.75, 3.05) is 5.75 Å². The summed E-state index contributed by atoms with van der Waals surface area (Å²) in [5.41, 5.74) is -0.316. The summed E-state index contributed by atoms with van der Waals surface area (Å²) in [6.07, 6.45) is 0.783. The molecule has 1 amide bonds. The van der Waals surface area contributed by atoms with E-state index in [0.717, 1.165) is 6.42 Å². The van der Waals surface area contributed by atoms with Crippen LogP contribution in [0.4, 0.5) is 4.39 Å². The van der Waals surface area contributed by atoms with E-state index in [1.165, 1.54) is 18.2 Å². The minimum Gasteiger partial charge on any atom is -0.350 e. The van der Waals surface area contributed by atoms with Crippen molar-refractivity contribution in [2.24, 2.45) is 0 Å². The Kier molecular flexibility index (Phi) is 5.02. The summed E-state index contributed by atoms with van der Waals surface area (Å²) in [6.45, 7) is 5.76. The van der Waals surface area contributed by atoms with Crippen molar-refractivity contribution >= 4 is 16.7 Å². The standard InChI is InChI=1S/C13H18FNO2S/c1-4-13(2,3)15-12(16)9-18(17)11-7-5-6-10(14)8-11/h5-8H,4,9H2,1-3H3,(H,15,16). The lowest BCUT2D eigenvalue weighted by Gasteiger charge is -2.24. The average molecular weight is 271 g/mol. The molecule has 0 bridgehead atoms. The highest BCUT2D eigenvalue weighted by atomic mass is 32.2. The zero-order valence-electron chi connectivity index (χ0n) is 10.8. The number of hydrogen-bond acceptors (Lipinski definition) is 2. The van der Waals surface area contributed by atoms with Crippen LogP contribution in [0, 0.1) is 5.82 Å². The predicted molar refractivity (Wildman–Crippen MR) is 70.2 cm³/mol. The lowest BCUT2D eigenvalue weighted by molar-refractivity contribution is -0.120. The Morgan fingerprint density at radius 1 is 1.44 bits per heavy atom. The lowest BCUT2D eigenvalue weighted by atomic mass is 10.0. The average Bonchev–Trinajstić information content (AvgIpc) is 2.28. The first-order valence-corrected chi connectivity index (χ1v) is 7.11. The van der Waals surface area contributed by atoms with Crippen LogP contribution < -0.4 is 5.32 Å². The van der Waals surface area contributed by atoms with E-state index in [4.69, 9.17) is 0 Å². The minimum atomic E-state index is -1.51. The second-order valence-electron chi connectivity index (χ2n) is 4.73. The van der Waals surface area contributed by atoms with Gasteiger partial charge in [0.2, 0.25) is 5.91 Å². The van der Waals surface area contributed by atoms with Crippen LogP contribution in [0.5, 0.6) is 0 Å². The molecule has 1 aromatic carbocycles. The third-order valence-corrected chi connectivity index (χ3v) is 3.99. The molecule has 0 saturated heterocycles. The van der Waals surface area contributed by atoms with Crippen molar-refractivity contribution in [3.05, 3.63) is 30.1 Å². The monoisotopic (exact) mass is 271 g/mol. The fraction of sp³-hybridized carbons (Fsp3) is 0.462. The molecule has 0 spiro atoms. The molecule has 1 rings (SSSR count). The van der Waals surface area contributed by atoms with Gasteiger partial charge in [-0.15, -0.1) is 0 Å². The van der Waals surface area contributed by atoms with Crippen molar-refractivity contribution in [2.45, 2.75) is 37.6 Å². The zero-order chi connectivity index (χ0) is 13.8. The Hall–Kier alpha value is -1.23. The summed E-state index contributed by atoms with van der Waals surface area (Å²) in [4.78, 5) is 12.0. The first-order valence-electron chi connectivity index (χ1n) is 5.79. The smallest absolute Gasteiger partial charge is 0.233 e. The van der Waals surface area contributed by atoms with Gasteiger partial charge in [0.25, 0.3) is 0 Å². The van der Waals surface area contributed by atoms with Gasteiger partial charge in [-0.3, -0.25) is 9.00 Å². The van der Waals surface area contributed by atoms with Gasteiger partial charge in [-0.1, -0.05) is 13.0 Å². The van der Waals surface area contributed by atoms with Crippen molar-refractivity contribution in [1.29, 1.82) is 0 Å². The fourth-order valence-electron chi connectivity index (χ4n) is 1.31. The van der Waals surface area contributed by atoms with Crippen molar-refractivity contribution in [3.63, 3.8) is 0 Å². The molecule has 18 heavy (non-hydrogen) atoms. The highest BCUT2D eigenvalue weighted by Gasteiger charge is 2.19. The molecule has 1 atom stereocenters. The Balaban J connectivity index is 2.63. The number of nitrogens with one attached hydrogen (secondary N) is 1. The molecule has 1 unspecified atom stereocenters. The van der Waals surface area contributed by atoms with Crippen LogP contribution in [0.15, 0.2) is 29.2 Å². The van der Waals surface area contributed by atoms with E-state index in [1.54, 1.807) is 6.07 Å². The summed E-state index contributed by atoms with van der Waals surface area (Å²) < 4.78 is 24.8. The normalized spacial score (nSPS) is 13.1. The second-order valence-corrected chi connectivity index (χ2v) is 6.18. The van der Waals surface area contributed by atoms with E-state index in [2.05, 4.69) is 5.32 Å². The molecule has 0 aliphatic carbocycles. The Labute approximate surface area is 109 Å². The topological polar surface area (TPSA) is 46.2 Å².